The van der Waals surface area contributed by atoms with E-state index in [9.17, 15) is 17.6 Å². The summed E-state index contributed by atoms with van der Waals surface area (Å²) in [4.78, 5) is 0. The lowest BCUT2D eigenvalue weighted by atomic mass is 9.74. The van der Waals surface area contributed by atoms with Crippen molar-refractivity contribution in [1.29, 1.82) is 0 Å². The average Bonchev–Trinajstić information content (AvgIpc) is 2.78. The molecule has 2 atom stereocenters. The van der Waals surface area contributed by atoms with E-state index in [1.54, 1.807) is 6.92 Å². The van der Waals surface area contributed by atoms with E-state index in [-0.39, 0.29) is 30.6 Å². The summed E-state index contributed by atoms with van der Waals surface area (Å²) in [6.07, 6.45) is 6.74. The van der Waals surface area contributed by atoms with Crippen LogP contribution in [0.15, 0.2) is 24.0 Å². The summed E-state index contributed by atoms with van der Waals surface area (Å²) in [7, 11) is 0. The van der Waals surface area contributed by atoms with Crippen molar-refractivity contribution in [2.45, 2.75) is 58.0 Å². The maximum atomic E-state index is 14.2. The number of ether oxygens (including phenoxy) is 3. The first-order chi connectivity index (χ1) is 15.0. The third-order valence-corrected chi connectivity index (χ3v) is 6.39. The largest absolute Gasteiger partial charge is 0.491 e. The molecule has 174 valence electrons. The van der Waals surface area contributed by atoms with Gasteiger partial charge in [-0.05, 0) is 81.4 Å². The van der Waals surface area contributed by atoms with Crippen molar-refractivity contribution >= 4 is 0 Å². The molecule has 1 aromatic rings. The molecule has 0 bridgehead atoms. The zero-order chi connectivity index (χ0) is 22.2. The highest BCUT2D eigenvalue weighted by atomic mass is 19.2. The minimum atomic E-state index is -1.02. The van der Waals surface area contributed by atoms with Gasteiger partial charge in [-0.3, -0.25) is 4.39 Å². The summed E-state index contributed by atoms with van der Waals surface area (Å²) in [6.45, 7) is 2.25. The summed E-state index contributed by atoms with van der Waals surface area (Å²) in [5.74, 6) is -1.34. The molecule has 1 saturated heterocycles. The van der Waals surface area contributed by atoms with E-state index in [0.717, 1.165) is 38.5 Å². The molecule has 1 aromatic carbocycles. The van der Waals surface area contributed by atoms with Gasteiger partial charge in [0.25, 0.3) is 0 Å². The molecule has 1 aliphatic carbocycles. The maximum absolute atomic E-state index is 14.2. The lowest BCUT2D eigenvalue weighted by molar-refractivity contribution is -0.0186. The first kappa shape index (κ1) is 23.9. The van der Waals surface area contributed by atoms with Crippen molar-refractivity contribution < 1.29 is 31.8 Å². The topological polar surface area (TPSA) is 27.7 Å². The molecule has 3 nitrogen and oxygen atoms in total. The van der Waals surface area contributed by atoms with Gasteiger partial charge < -0.3 is 14.2 Å². The SMILES string of the molecule is CCOc1ccc(OCC2CCC(C3CCC(/C=C(\F)CCF)OC3)CC2)c(F)c1F. The second-order valence-corrected chi connectivity index (χ2v) is 8.48. The van der Waals surface area contributed by atoms with Gasteiger partial charge in [0.1, 0.15) is 5.83 Å². The second-order valence-electron chi connectivity index (χ2n) is 8.48. The molecular formula is C24H32F4O3. The molecule has 1 heterocycles. The smallest absolute Gasteiger partial charge is 0.204 e. The van der Waals surface area contributed by atoms with Crippen molar-refractivity contribution in [2.24, 2.45) is 17.8 Å². The normalized spacial score (nSPS) is 27.2. The zero-order valence-electron chi connectivity index (χ0n) is 18.1. The quantitative estimate of drug-likeness (QED) is 0.404. The fraction of sp³-hybridized carbons (Fsp3) is 0.667. The van der Waals surface area contributed by atoms with Crippen LogP contribution in [0.5, 0.6) is 11.5 Å². The Morgan fingerprint density at radius 1 is 1.00 bits per heavy atom. The van der Waals surface area contributed by atoms with Crippen LogP contribution >= 0.6 is 0 Å². The van der Waals surface area contributed by atoms with Gasteiger partial charge in [0.15, 0.2) is 11.5 Å². The molecule has 2 aliphatic rings. The van der Waals surface area contributed by atoms with Crippen LogP contribution in [0.1, 0.15) is 51.9 Å². The number of hydrogen-bond acceptors (Lipinski definition) is 3. The van der Waals surface area contributed by atoms with Gasteiger partial charge in [-0.15, -0.1) is 0 Å². The Kier molecular flexibility index (Phi) is 9.05. The predicted molar refractivity (Wildman–Crippen MR) is 111 cm³/mol. The van der Waals surface area contributed by atoms with Gasteiger partial charge in [0.2, 0.25) is 11.6 Å². The predicted octanol–water partition coefficient (Wildman–Crippen LogP) is 6.56. The number of allylic oxidation sites excluding steroid dienone is 1. The first-order valence-corrected chi connectivity index (χ1v) is 11.3. The van der Waals surface area contributed by atoms with E-state index >= 15 is 0 Å². The van der Waals surface area contributed by atoms with E-state index < -0.39 is 24.1 Å². The lowest BCUT2D eigenvalue weighted by Gasteiger charge is -2.37. The molecule has 0 spiro atoms. The summed E-state index contributed by atoms with van der Waals surface area (Å²) >= 11 is 0. The van der Waals surface area contributed by atoms with E-state index in [1.807, 2.05) is 0 Å². The fourth-order valence-electron chi connectivity index (χ4n) is 4.60. The third kappa shape index (κ3) is 6.61. The highest BCUT2D eigenvalue weighted by Crippen LogP contribution is 2.38. The molecule has 31 heavy (non-hydrogen) atoms. The first-order valence-electron chi connectivity index (χ1n) is 11.3. The molecular weight excluding hydrogens is 412 g/mol. The van der Waals surface area contributed by atoms with Crippen LogP contribution in [0.3, 0.4) is 0 Å². The summed E-state index contributed by atoms with van der Waals surface area (Å²) < 4.78 is 70.2. The molecule has 2 unspecified atom stereocenters. The zero-order valence-corrected chi connectivity index (χ0v) is 18.1. The van der Waals surface area contributed by atoms with E-state index in [4.69, 9.17) is 14.2 Å². The lowest BCUT2D eigenvalue weighted by Crippen LogP contribution is -2.32. The van der Waals surface area contributed by atoms with Gasteiger partial charge in [-0.25, -0.2) is 4.39 Å². The Balaban J connectivity index is 1.41. The third-order valence-electron chi connectivity index (χ3n) is 6.39. The second kappa shape index (κ2) is 11.7. The molecule has 0 N–H and O–H groups in total. The highest BCUT2D eigenvalue weighted by molar-refractivity contribution is 5.35. The number of rotatable bonds is 9. The average molecular weight is 445 g/mol. The van der Waals surface area contributed by atoms with E-state index in [2.05, 4.69) is 0 Å². The molecule has 0 amide bonds. The summed E-state index contributed by atoms with van der Waals surface area (Å²) in [6, 6.07) is 2.80. The Labute approximate surface area is 181 Å². The molecule has 2 fully saturated rings. The van der Waals surface area contributed by atoms with E-state index in [1.165, 1.54) is 18.2 Å². The van der Waals surface area contributed by atoms with Crippen LogP contribution in [0, 0.1) is 29.4 Å². The van der Waals surface area contributed by atoms with Gasteiger partial charge in [-0.1, -0.05) is 0 Å². The number of halogens is 4. The van der Waals surface area contributed by atoms with Gasteiger partial charge in [0.05, 0.1) is 32.6 Å². The van der Waals surface area contributed by atoms with Crippen LogP contribution in [-0.2, 0) is 4.74 Å². The molecule has 1 saturated carbocycles. The Morgan fingerprint density at radius 3 is 2.23 bits per heavy atom. The van der Waals surface area contributed by atoms with Crippen LogP contribution in [0.2, 0.25) is 0 Å². The maximum Gasteiger partial charge on any atom is 0.204 e. The van der Waals surface area contributed by atoms with Crippen molar-refractivity contribution in [2.75, 3.05) is 26.5 Å². The number of alkyl halides is 1. The van der Waals surface area contributed by atoms with Crippen LogP contribution in [-0.4, -0.2) is 32.6 Å². The van der Waals surface area contributed by atoms with Crippen molar-refractivity contribution in [3.63, 3.8) is 0 Å². The minimum Gasteiger partial charge on any atom is -0.491 e. The van der Waals surface area contributed by atoms with Crippen molar-refractivity contribution in [1.82, 2.24) is 0 Å². The summed E-state index contributed by atoms with van der Waals surface area (Å²) in [5, 5.41) is 0. The molecule has 0 aromatic heterocycles. The molecule has 7 heteroatoms. The Bertz CT molecular complexity index is 724. The Morgan fingerprint density at radius 2 is 1.65 bits per heavy atom. The highest BCUT2D eigenvalue weighted by Gasteiger charge is 2.31. The molecule has 1 aliphatic heterocycles. The Hall–Kier alpha value is -1.76. The number of benzene rings is 1. The standard InChI is InChI=1S/C24H32F4O3/c1-2-29-21-9-10-22(24(28)23(21)27)31-14-16-3-5-17(6-4-16)18-7-8-20(30-15-18)13-19(26)11-12-25/h9-10,13,16-18,20H,2-8,11-12,14-15H2,1H3/b19-13-. The molecule has 0 radical (unpaired) electrons. The summed E-state index contributed by atoms with van der Waals surface area (Å²) in [5.41, 5.74) is 0. The van der Waals surface area contributed by atoms with Gasteiger partial charge in [0, 0.05) is 6.42 Å². The fourth-order valence-corrected chi connectivity index (χ4v) is 4.60. The molecule has 3 rings (SSSR count). The van der Waals surface area contributed by atoms with Crippen LogP contribution < -0.4 is 9.47 Å². The van der Waals surface area contributed by atoms with Gasteiger partial charge in [-0.2, -0.15) is 8.78 Å². The van der Waals surface area contributed by atoms with Crippen molar-refractivity contribution in [3.8, 4) is 11.5 Å². The number of hydrogen-bond donors (Lipinski definition) is 0. The van der Waals surface area contributed by atoms with Crippen LogP contribution in [0.25, 0.3) is 0 Å². The monoisotopic (exact) mass is 444 g/mol. The minimum absolute atomic E-state index is 0.0807. The van der Waals surface area contributed by atoms with Gasteiger partial charge >= 0.3 is 0 Å². The van der Waals surface area contributed by atoms with Crippen molar-refractivity contribution in [3.05, 3.63) is 35.7 Å². The van der Waals surface area contributed by atoms with Crippen LogP contribution in [0.4, 0.5) is 17.6 Å². The van der Waals surface area contributed by atoms with E-state index in [0.29, 0.717) is 31.0 Å².